The van der Waals surface area contributed by atoms with Gasteiger partial charge < -0.3 is 0 Å². The number of alkyl halides is 3. The third-order valence-corrected chi connectivity index (χ3v) is 6.62. The normalized spacial score (nSPS) is 61.0. The van der Waals surface area contributed by atoms with Crippen molar-refractivity contribution in [2.45, 2.75) is 34.8 Å². The molecule has 0 aliphatic heterocycles. The van der Waals surface area contributed by atoms with Gasteiger partial charge >= 0.3 is 0 Å². The van der Waals surface area contributed by atoms with E-state index in [4.69, 9.17) is 23.2 Å². The van der Waals surface area contributed by atoms with Crippen LogP contribution in [0.4, 0.5) is 0 Å². The van der Waals surface area contributed by atoms with Crippen molar-refractivity contribution < 1.29 is 0 Å². The lowest BCUT2D eigenvalue weighted by Gasteiger charge is -2.82. The largest absolute Gasteiger partial charge is 0.114 e. The van der Waals surface area contributed by atoms with Gasteiger partial charge in [-0.1, -0.05) is 22.4 Å². The molecule has 12 heavy (non-hydrogen) atoms. The number of rotatable bonds is 1. The summed E-state index contributed by atoms with van der Waals surface area (Å²) in [6.45, 7) is 0. The van der Waals surface area contributed by atoms with Gasteiger partial charge in [-0.25, -0.2) is 0 Å². The second-order valence-corrected chi connectivity index (χ2v) is 7.13. The Bertz CT molecular complexity index is 227. The van der Waals surface area contributed by atoms with Crippen molar-refractivity contribution in [1.82, 2.24) is 0 Å². The zero-order valence-corrected chi connectivity index (χ0v) is 9.79. The maximum Gasteiger partial charge on any atom is 0.114 e. The molecule has 0 radical (unpaired) electrons. The second kappa shape index (κ2) is 2.17. The van der Waals surface area contributed by atoms with Gasteiger partial charge in [0.15, 0.2) is 0 Å². The van der Waals surface area contributed by atoms with Gasteiger partial charge in [0, 0.05) is 9.74 Å². The van der Waals surface area contributed by atoms with Crippen LogP contribution in [0.1, 0.15) is 25.7 Å². The molecule has 0 heterocycles. The predicted octanol–water partition coefficient (Wildman–Crippen LogP) is 3.74. The molecular formula is C9H11BrCl2. The highest BCUT2D eigenvalue weighted by molar-refractivity contribution is 9.10. The van der Waals surface area contributed by atoms with Crippen molar-refractivity contribution in [3.63, 3.8) is 0 Å². The summed E-state index contributed by atoms with van der Waals surface area (Å²) in [5.74, 6) is 1.56. The third-order valence-electron chi connectivity index (χ3n) is 4.43. The number of hydrogen-bond donors (Lipinski definition) is 0. The molecule has 3 heteroatoms. The highest BCUT2D eigenvalue weighted by Crippen LogP contribution is 2.85. The van der Waals surface area contributed by atoms with Crippen molar-refractivity contribution >= 4 is 39.1 Å². The summed E-state index contributed by atoms with van der Waals surface area (Å²) in [7, 11) is 0. The Morgan fingerprint density at radius 1 is 1.25 bits per heavy atom. The minimum Gasteiger partial charge on any atom is -0.105 e. The molecule has 4 bridgehead atoms. The Hall–Kier alpha value is 1.06. The van der Waals surface area contributed by atoms with E-state index in [9.17, 15) is 0 Å². The first-order chi connectivity index (χ1) is 5.62. The lowest BCUT2D eigenvalue weighted by molar-refractivity contribution is -0.246. The molecule has 4 fully saturated rings. The van der Waals surface area contributed by atoms with Gasteiger partial charge in [0.25, 0.3) is 0 Å². The van der Waals surface area contributed by atoms with Crippen molar-refractivity contribution in [3.8, 4) is 0 Å². The van der Waals surface area contributed by atoms with Crippen LogP contribution in [0.3, 0.4) is 0 Å². The number of hydrogen-bond acceptors (Lipinski definition) is 0. The lowest BCUT2D eigenvalue weighted by Crippen LogP contribution is -2.83. The van der Waals surface area contributed by atoms with Crippen LogP contribution in [0, 0.1) is 17.3 Å². The fourth-order valence-electron chi connectivity index (χ4n) is 3.91. The van der Waals surface area contributed by atoms with Gasteiger partial charge in [-0.2, -0.15) is 0 Å². The fraction of sp³-hybridized carbons (Fsp3) is 1.00. The minimum atomic E-state index is -0.132. The van der Waals surface area contributed by atoms with E-state index >= 15 is 0 Å². The van der Waals surface area contributed by atoms with Crippen LogP contribution in [-0.2, 0) is 0 Å². The van der Waals surface area contributed by atoms with Gasteiger partial charge in [-0.15, -0.1) is 23.2 Å². The van der Waals surface area contributed by atoms with Gasteiger partial charge in [-0.3, -0.25) is 0 Å². The van der Waals surface area contributed by atoms with Crippen molar-refractivity contribution in [2.75, 3.05) is 0 Å². The highest BCUT2D eigenvalue weighted by atomic mass is 79.9. The summed E-state index contributed by atoms with van der Waals surface area (Å²) in [5.41, 5.74) is 0.324. The molecular weight excluding hydrogens is 259 g/mol. The summed E-state index contributed by atoms with van der Waals surface area (Å²) in [6.07, 6.45) is 5.26. The first-order valence-electron chi connectivity index (χ1n) is 4.59. The van der Waals surface area contributed by atoms with Crippen LogP contribution >= 0.6 is 39.1 Å². The Kier molecular flexibility index (Phi) is 1.52. The van der Waals surface area contributed by atoms with Crippen molar-refractivity contribution in [1.29, 1.82) is 0 Å². The van der Waals surface area contributed by atoms with Crippen LogP contribution < -0.4 is 0 Å². The molecule has 4 rings (SSSR count). The Morgan fingerprint density at radius 3 is 2.17 bits per heavy atom. The zero-order chi connectivity index (χ0) is 8.56. The standard InChI is InChI=1S/C9H11BrCl2/c10-9-4-8(7(11)12)5(9)2-1-3-6(8)9/h5-7H,1-4H2. The summed E-state index contributed by atoms with van der Waals surface area (Å²) in [4.78, 5) is -0.132. The molecule has 0 nitrogen and oxygen atoms in total. The number of halogens is 3. The summed E-state index contributed by atoms with van der Waals surface area (Å²) in [6, 6.07) is 0. The van der Waals surface area contributed by atoms with Crippen LogP contribution in [0.25, 0.3) is 0 Å². The average Bonchev–Trinajstić information content (AvgIpc) is 2.00. The topological polar surface area (TPSA) is 0 Å². The summed E-state index contributed by atoms with van der Waals surface area (Å²) >= 11 is 16.0. The molecule has 4 aliphatic carbocycles. The Labute approximate surface area is 91.1 Å². The zero-order valence-electron chi connectivity index (χ0n) is 6.69. The molecule has 0 N–H and O–H groups in total. The average molecular weight is 270 g/mol. The van der Waals surface area contributed by atoms with E-state index in [1.165, 1.54) is 25.7 Å². The van der Waals surface area contributed by atoms with Crippen molar-refractivity contribution in [3.05, 3.63) is 0 Å². The molecule has 0 amide bonds. The van der Waals surface area contributed by atoms with E-state index in [0.29, 0.717) is 9.74 Å². The van der Waals surface area contributed by atoms with Crippen LogP contribution in [0.5, 0.6) is 0 Å². The molecule has 2 unspecified atom stereocenters. The van der Waals surface area contributed by atoms with Gasteiger partial charge in [-0.05, 0) is 31.1 Å². The smallest absolute Gasteiger partial charge is 0.105 e. The SMILES string of the molecule is ClC(Cl)C12CC3(Br)C1CCCC32. The Balaban J connectivity index is 1.95. The van der Waals surface area contributed by atoms with Crippen molar-refractivity contribution in [2.24, 2.45) is 17.3 Å². The van der Waals surface area contributed by atoms with Gasteiger partial charge in [0.1, 0.15) is 4.84 Å². The minimum absolute atomic E-state index is 0.132. The molecule has 0 aromatic heterocycles. The first kappa shape index (κ1) is 8.38. The van der Waals surface area contributed by atoms with Gasteiger partial charge in [0.05, 0.1) is 0 Å². The van der Waals surface area contributed by atoms with Crippen LogP contribution in [-0.4, -0.2) is 9.16 Å². The third kappa shape index (κ3) is 0.604. The monoisotopic (exact) mass is 268 g/mol. The van der Waals surface area contributed by atoms with E-state index < -0.39 is 0 Å². The van der Waals surface area contributed by atoms with E-state index in [-0.39, 0.29) is 4.84 Å². The fourth-order valence-corrected chi connectivity index (χ4v) is 6.47. The summed E-state index contributed by atoms with van der Waals surface area (Å²) in [5, 5.41) is 0. The lowest BCUT2D eigenvalue weighted by atomic mass is 9.28. The van der Waals surface area contributed by atoms with E-state index in [1.54, 1.807) is 0 Å². The van der Waals surface area contributed by atoms with E-state index in [2.05, 4.69) is 15.9 Å². The molecule has 0 spiro atoms. The highest BCUT2D eigenvalue weighted by Gasteiger charge is 2.83. The maximum atomic E-state index is 6.07. The molecule has 4 aliphatic rings. The van der Waals surface area contributed by atoms with Crippen LogP contribution in [0.2, 0.25) is 0 Å². The molecule has 0 saturated heterocycles. The second-order valence-electron chi connectivity index (χ2n) is 4.55. The van der Waals surface area contributed by atoms with E-state index in [0.717, 1.165) is 11.8 Å². The molecule has 0 aromatic rings. The molecule has 2 atom stereocenters. The molecule has 0 aromatic carbocycles. The summed E-state index contributed by atoms with van der Waals surface area (Å²) < 4.78 is 0.466. The van der Waals surface area contributed by atoms with Gasteiger partial charge in [0.2, 0.25) is 0 Å². The molecule has 4 saturated carbocycles. The predicted molar refractivity (Wildman–Crippen MR) is 55.0 cm³/mol. The van der Waals surface area contributed by atoms with E-state index in [1.807, 2.05) is 0 Å². The molecule has 68 valence electrons. The quantitative estimate of drug-likeness (QED) is 0.636. The maximum absolute atomic E-state index is 6.07. The van der Waals surface area contributed by atoms with Crippen LogP contribution in [0.15, 0.2) is 0 Å². The Morgan fingerprint density at radius 2 is 1.83 bits per heavy atom. The first-order valence-corrected chi connectivity index (χ1v) is 6.26.